The molecule has 0 bridgehead atoms. The van der Waals surface area contributed by atoms with Crippen LogP contribution in [0.5, 0.6) is 5.75 Å². The molecule has 0 aliphatic carbocycles. The second-order valence-electron chi connectivity index (χ2n) is 7.50. The van der Waals surface area contributed by atoms with Gasteiger partial charge in [0.15, 0.2) is 6.61 Å². The average Bonchev–Trinajstić information content (AvgIpc) is 3.36. The predicted octanol–water partition coefficient (Wildman–Crippen LogP) is 3.43. The third-order valence-corrected chi connectivity index (χ3v) is 5.60. The number of amides is 2. The van der Waals surface area contributed by atoms with Crippen molar-refractivity contribution in [3.05, 3.63) is 60.2 Å². The van der Waals surface area contributed by atoms with E-state index in [0.29, 0.717) is 12.2 Å². The van der Waals surface area contributed by atoms with Gasteiger partial charge in [-0.15, -0.1) is 0 Å². The molecule has 0 saturated carbocycles. The van der Waals surface area contributed by atoms with Crippen LogP contribution in [0.25, 0.3) is 0 Å². The highest BCUT2D eigenvalue weighted by Gasteiger charge is 2.29. The number of hydrogen-bond donors (Lipinski definition) is 0. The van der Waals surface area contributed by atoms with Crippen LogP contribution in [0.2, 0.25) is 0 Å². The second-order valence-corrected chi connectivity index (χ2v) is 7.50. The van der Waals surface area contributed by atoms with Crippen molar-refractivity contribution >= 4 is 17.5 Å². The van der Waals surface area contributed by atoms with Crippen LogP contribution in [0, 0.1) is 0 Å². The molecule has 2 aliphatic heterocycles. The van der Waals surface area contributed by atoms with Crippen molar-refractivity contribution in [3.8, 4) is 5.75 Å². The molecule has 4 rings (SSSR count). The molecule has 0 radical (unpaired) electrons. The fraction of sp³-hybridized carbons (Fsp3) is 0.391. The smallest absolute Gasteiger partial charge is 0.260 e. The molecule has 28 heavy (non-hydrogen) atoms. The van der Waals surface area contributed by atoms with Gasteiger partial charge in [0.1, 0.15) is 5.75 Å². The Balaban J connectivity index is 1.31. The van der Waals surface area contributed by atoms with Gasteiger partial charge in [-0.3, -0.25) is 9.59 Å². The molecule has 2 aromatic carbocycles. The number of benzene rings is 2. The highest BCUT2D eigenvalue weighted by molar-refractivity contribution is 5.95. The van der Waals surface area contributed by atoms with Crippen LogP contribution >= 0.6 is 0 Å². The van der Waals surface area contributed by atoms with E-state index in [1.807, 2.05) is 47.4 Å². The number of carbonyl (C=O) groups excluding carboxylic acids is 2. The van der Waals surface area contributed by atoms with E-state index in [1.54, 1.807) is 4.90 Å². The first-order valence-corrected chi connectivity index (χ1v) is 10.1. The van der Waals surface area contributed by atoms with Crippen LogP contribution in [0.15, 0.2) is 54.6 Å². The molecule has 5 heteroatoms. The first kappa shape index (κ1) is 18.5. The van der Waals surface area contributed by atoms with Crippen LogP contribution in [0.3, 0.4) is 0 Å². The lowest BCUT2D eigenvalue weighted by Gasteiger charge is -2.25. The van der Waals surface area contributed by atoms with Crippen molar-refractivity contribution in [1.29, 1.82) is 0 Å². The Morgan fingerprint density at radius 2 is 1.79 bits per heavy atom. The standard InChI is InChI=1S/C23H26N2O3/c26-22-9-5-15-24(22)19-10-12-21(13-11-19)28-17-23(27)25-14-4-8-20(25)16-18-6-2-1-3-7-18/h1-3,6-7,10-13,20H,4-5,8-9,14-17H2. The normalized spacial score (nSPS) is 19.3. The van der Waals surface area contributed by atoms with E-state index in [2.05, 4.69) is 12.1 Å². The summed E-state index contributed by atoms with van der Waals surface area (Å²) in [5.74, 6) is 0.863. The van der Waals surface area contributed by atoms with Gasteiger partial charge in [0.2, 0.25) is 5.91 Å². The van der Waals surface area contributed by atoms with Crippen molar-refractivity contribution in [2.75, 3.05) is 24.6 Å². The molecule has 146 valence electrons. The quantitative estimate of drug-likeness (QED) is 0.774. The zero-order valence-electron chi connectivity index (χ0n) is 16.0. The Hall–Kier alpha value is -2.82. The summed E-state index contributed by atoms with van der Waals surface area (Å²) in [5, 5.41) is 0. The van der Waals surface area contributed by atoms with Crippen molar-refractivity contribution in [1.82, 2.24) is 4.90 Å². The minimum atomic E-state index is 0.0391. The van der Waals surface area contributed by atoms with Crippen molar-refractivity contribution in [2.24, 2.45) is 0 Å². The van der Waals surface area contributed by atoms with Crippen LogP contribution in [-0.2, 0) is 16.0 Å². The minimum Gasteiger partial charge on any atom is -0.484 e. The minimum absolute atomic E-state index is 0.0391. The molecule has 5 nitrogen and oxygen atoms in total. The highest BCUT2D eigenvalue weighted by Crippen LogP contribution is 2.25. The molecular formula is C23H26N2O3. The number of hydrogen-bond acceptors (Lipinski definition) is 3. The van der Waals surface area contributed by atoms with E-state index >= 15 is 0 Å². The fourth-order valence-corrected chi connectivity index (χ4v) is 4.13. The molecule has 0 aromatic heterocycles. The second kappa shape index (κ2) is 8.46. The number of carbonyl (C=O) groups is 2. The molecule has 0 spiro atoms. The molecule has 2 aromatic rings. The lowest BCUT2D eigenvalue weighted by molar-refractivity contribution is -0.134. The van der Waals surface area contributed by atoms with Crippen molar-refractivity contribution in [3.63, 3.8) is 0 Å². The van der Waals surface area contributed by atoms with E-state index in [-0.39, 0.29) is 24.5 Å². The number of ether oxygens (including phenoxy) is 1. The zero-order chi connectivity index (χ0) is 19.3. The molecule has 2 aliphatic rings. The largest absolute Gasteiger partial charge is 0.484 e. The van der Waals surface area contributed by atoms with Gasteiger partial charge in [0.25, 0.3) is 5.91 Å². The van der Waals surface area contributed by atoms with Crippen LogP contribution in [0.4, 0.5) is 5.69 Å². The Kier molecular flexibility index (Phi) is 5.60. The maximum absolute atomic E-state index is 12.7. The third kappa shape index (κ3) is 4.19. The molecule has 1 atom stereocenters. The zero-order valence-corrected chi connectivity index (χ0v) is 16.0. The predicted molar refractivity (Wildman–Crippen MR) is 108 cm³/mol. The van der Waals surface area contributed by atoms with Gasteiger partial charge in [-0.05, 0) is 55.5 Å². The van der Waals surface area contributed by atoms with Crippen LogP contribution < -0.4 is 9.64 Å². The average molecular weight is 378 g/mol. The monoisotopic (exact) mass is 378 g/mol. The molecule has 1 unspecified atom stereocenters. The van der Waals surface area contributed by atoms with Gasteiger partial charge in [0, 0.05) is 31.2 Å². The van der Waals surface area contributed by atoms with Gasteiger partial charge in [-0.2, -0.15) is 0 Å². The van der Waals surface area contributed by atoms with Crippen molar-refractivity contribution < 1.29 is 14.3 Å². The van der Waals surface area contributed by atoms with E-state index in [4.69, 9.17) is 4.74 Å². The third-order valence-electron chi connectivity index (χ3n) is 5.60. The van der Waals surface area contributed by atoms with E-state index < -0.39 is 0 Å². The topological polar surface area (TPSA) is 49.9 Å². The Morgan fingerprint density at radius 1 is 1.00 bits per heavy atom. The maximum Gasteiger partial charge on any atom is 0.260 e. The van der Waals surface area contributed by atoms with E-state index in [0.717, 1.165) is 44.5 Å². The lowest BCUT2D eigenvalue weighted by Crippen LogP contribution is -2.39. The van der Waals surface area contributed by atoms with Gasteiger partial charge < -0.3 is 14.5 Å². The Labute approximate surface area is 165 Å². The summed E-state index contributed by atoms with van der Waals surface area (Å²) in [6.07, 6.45) is 4.50. The molecule has 2 fully saturated rings. The summed E-state index contributed by atoms with van der Waals surface area (Å²) < 4.78 is 5.73. The van der Waals surface area contributed by atoms with Crippen LogP contribution in [-0.4, -0.2) is 42.5 Å². The molecule has 2 saturated heterocycles. The summed E-state index contributed by atoms with van der Waals surface area (Å²) in [6.45, 7) is 1.62. The summed E-state index contributed by atoms with van der Waals surface area (Å²) in [4.78, 5) is 28.3. The van der Waals surface area contributed by atoms with Gasteiger partial charge in [-0.1, -0.05) is 30.3 Å². The highest BCUT2D eigenvalue weighted by atomic mass is 16.5. The fourth-order valence-electron chi connectivity index (χ4n) is 4.13. The maximum atomic E-state index is 12.7. The first-order chi connectivity index (χ1) is 13.7. The van der Waals surface area contributed by atoms with Crippen molar-refractivity contribution in [2.45, 2.75) is 38.1 Å². The summed E-state index contributed by atoms with van der Waals surface area (Å²) in [6, 6.07) is 18.0. The summed E-state index contributed by atoms with van der Waals surface area (Å²) in [5.41, 5.74) is 2.16. The molecular weight excluding hydrogens is 352 g/mol. The van der Waals surface area contributed by atoms with E-state index in [9.17, 15) is 9.59 Å². The Morgan fingerprint density at radius 3 is 2.50 bits per heavy atom. The van der Waals surface area contributed by atoms with Gasteiger partial charge >= 0.3 is 0 Å². The molecule has 0 N–H and O–H groups in total. The lowest BCUT2D eigenvalue weighted by atomic mass is 10.0. The van der Waals surface area contributed by atoms with E-state index in [1.165, 1.54) is 5.56 Å². The summed E-state index contributed by atoms with van der Waals surface area (Å²) >= 11 is 0. The van der Waals surface area contributed by atoms with Crippen LogP contribution in [0.1, 0.15) is 31.2 Å². The first-order valence-electron chi connectivity index (χ1n) is 10.1. The molecule has 2 amide bonds. The SMILES string of the molecule is O=C1CCCN1c1ccc(OCC(=O)N2CCCC2Cc2ccccc2)cc1. The van der Waals surface area contributed by atoms with Gasteiger partial charge in [-0.25, -0.2) is 0 Å². The number of anilines is 1. The number of nitrogens with zero attached hydrogens (tertiary/aromatic N) is 2. The number of rotatable bonds is 6. The number of likely N-dealkylation sites (tertiary alicyclic amines) is 1. The summed E-state index contributed by atoms with van der Waals surface area (Å²) in [7, 11) is 0. The Bertz CT molecular complexity index is 820. The van der Waals surface area contributed by atoms with Gasteiger partial charge in [0.05, 0.1) is 0 Å². The molecule has 2 heterocycles.